The largest absolute Gasteiger partial charge is 0.388 e. The fourth-order valence-electron chi connectivity index (χ4n) is 3.58. The minimum atomic E-state index is -0.289. The Hall–Kier alpha value is -0.890. The molecule has 0 aliphatic heterocycles. The molecule has 16 heavy (non-hydrogen) atoms. The van der Waals surface area contributed by atoms with Gasteiger partial charge in [0.05, 0.1) is 6.10 Å². The van der Waals surface area contributed by atoms with Crippen molar-refractivity contribution in [2.24, 2.45) is 17.8 Å². The lowest BCUT2D eigenvalue weighted by molar-refractivity contribution is 0.0742. The molecule has 0 saturated heterocycles. The SMILES string of the molecule is Cc1ccc(C(O)C2CC3CCC2C3)cn1. The van der Waals surface area contributed by atoms with Crippen LogP contribution in [0.25, 0.3) is 0 Å². The van der Waals surface area contributed by atoms with Crippen LogP contribution in [0.4, 0.5) is 0 Å². The van der Waals surface area contributed by atoms with Gasteiger partial charge in [-0.15, -0.1) is 0 Å². The molecule has 0 radical (unpaired) electrons. The van der Waals surface area contributed by atoms with Gasteiger partial charge in [-0.25, -0.2) is 0 Å². The molecule has 1 heterocycles. The number of aryl methyl sites for hydroxylation is 1. The number of aromatic nitrogens is 1. The van der Waals surface area contributed by atoms with Gasteiger partial charge in [-0.2, -0.15) is 0 Å². The molecule has 1 aromatic rings. The van der Waals surface area contributed by atoms with Gasteiger partial charge in [-0.05, 0) is 55.6 Å². The molecule has 0 spiro atoms. The third-order valence-electron chi connectivity index (χ3n) is 4.47. The fourth-order valence-corrected chi connectivity index (χ4v) is 3.58. The topological polar surface area (TPSA) is 33.1 Å². The van der Waals surface area contributed by atoms with Gasteiger partial charge in [-0.3, -0.25) is 4.98 Å². The van der Waals surface area contributed by atoms with Crippen LogP contribution in [-0.4, -0.2) is 10.1 Å². The first-order valence-electron chi connectivity index (χ1n) is 6.34. The van der Waals surface area contributed by atoms with Crippen LogP contribution in [0, 0.1) is 24.7 Å². The van der Waals surface area contributed by atoms with Crippen molar-refractivity contribution in [2.45, 2.75) is 38.7 Å². The summed E-state index contributed by atoms with van der Waals surface area (Å²) in [4.78, 5) is 4.27. The lowest BCUT2D eigenvalue weighted by Crippen LogP contribution is -2.19. The quantitative estimate of drug-likeness (QED) is 0.826. The van der Waals surface area contributed by atoms with Crippen LogP contribution >= 0.6 is 0 Å². The van der Waals surface area contributed by atoms with Crippen molar-refractivity contribution in [2.75, 3.05) is 0 Å². The van der Waals surface area contributed by atoms with Gasteiger partial charge >= 0.3 is 0 Å². The summed E-state index contributed by atoms with van der Waals surface area (Å²) in [5.41, 5.74) is 2.02. The minimum Gasteiger partial charge on any atom is -0.388 e. The second-order valence-corrected chi connectivity index (χ2v) is 5.52. The molecule has 1 N–H and O–H groups in total. The molecular weight excluding hydrogens is 198 g/mol. The van der Waals surface area contributed by atoms with E-state index in [4.69, 9.17) is 0 Å². The first-order chi connectivity index (χ1) is 7.74. The maximum absolute atomic E-state index is 10.4. The Morgan fingerprint density at radius 3 is 2.75 bits per heavy atom. The highest BCUT2D eigenvalue weighted by atomic mass is 16.3. The number of rotatable bonds is 2. The Kier molecular flexibility index (Phi) is 2.47. The van der Waals surface area contributed by atoms with Crippen molar-refractivity contribution in [3.8, 4) is 0 Å². The van der Waals surface area contributed by atoms with Crippen molar-refractivity contribution < 1.29 is 5.11 Å². The molecule has 2 nitrogen and oxygen atoms in total. The molecule has 86 valence electrons. The monoisotopic (exact) mass is 217 g/mol. The summed E-state index contributed by atoms with van der Waals surface area (Å²) in [6.45, 7) is 1.98. The van der Waals surface area contributed by atoms with Gasteiger partial charge in [-0.1, -0.05) is 12.5 Å². The zero-order valence-electron chi connectivity index (χ0n) is 9.76. The predicted molar refractivity (Wildman–Crippen MR) is 62.9 cm³/mol. The highest BCUT2D eigenvalue weighted by Crippen LogP contribution is 2.52. The van der Waals surface area contributed by atoms with E-state index in [-0.39, 0.29) is 6.10 Å². The van der Waals surface area contributed by atoms with E-state index < -0.39 is 0 Å². The zero-order valence-corrected chi connectivity index (χ0v) is 9.76. The molecule has 4 unspecified atom stereocenters. The third-order valence-corrected chi connectivity index (χ3v) is 4.47. The summed E-state index contributed by atoms with van der Waals surface area (Å²) in [5.74, 6) is 2.15. The maximum atomic E-state index is 10.4. The maximum Gasteiger partial charge on any atom is 0.0835 e. The molecule has 0 aromatic carbocycles. The second kappa shape index (κ2) is 3.85. The Balaban J connectivity index is 1.77. The summed E-state index contributed by atoms with van der Waals surface area (Å²) in [7, 11) is 0. The fraction of sp³-hybridized carbons (Fsp3) is 0.643. The standard InChI is InChI=1S/C14H19NO/c1-9-2-4-12(8-15-9)14(16)13-7-10-3-5-11(13)6-10/h2,4,8,10-11,13-14,16H,3,5-7H2,1H3. The Morgan fingerprint density at radius 2 is 2.19 bits per heavy atom. The van der Waals surface area contributed by atoms with E-state index in [1.165, 1.54) is 25.7 Å². The average molecular weight is 217 g/mol. The van der Waals surface area contributed by atoms with Gasteiger partial charge < -0.3 is 5.11 Å². The van der Waals surface area contributed by atoms with Gasteiger partial charge in [0.25, 0.3) is 0 Å². The number of aliphatic hydroxyl groups is 1. The summed E-state index contributed by atoms with van der Waals surface area (Å²) in [6, 6.07) is 4.02. The molecular formula is C14H19NO. The summed E-state index contributed by atoms with van der Waals surface area (Å²) in [6.07, 6.45) is 6.83. The van der Waals surface area contributed by atoms with Crippen LogP contribution in [0.5, 0.6) is 0 Å². The Morgan fingerprint density at radius 1 is 1.31 bits per heavy atom. The molecule has 4 atom stereocenters. The van der Waals surface area contributed by atoms with E-state index in [1.54, 1.807) is 0 Å². The highest BCUT2D eigenvalue weighted by Gasteiger charge is 2.42. The molecule has 3 rings (SSSR count). The second-order valence-electron chi connectivity index (χ2n) is 5.52. The van der Waals surface area contributed by atoms with Crippen molar-refractivity contribution in [3.63, 3.8) is 0 Å². The normalized spacial score (nSPS) is 34.2. The van der Waals surface area contributed by atoms with Gasteiger partial charge in [0.15, 0.2) is 0 Å². The Bertz CT molecular complexity index is 373. The number of hydrogen-bond donors (Lipinski definition) is 1. The van der Waals surface area contributed by atoms with E-state index in [0.717, 1.165) is 23.1 Å². The summed E-state index contributed by atoms with van der Waals surface area (Å²) >= 11 is 0. The van der Waals surface area contributed by atoms with Crippen LogP contribution < -0.4 is 0 Å². The van der Waals surface area contributed by atoms with Gasteiger partial charge in [0.1, 0.15) is 0 Å². The number of nitrogens with zero attached hydrogens (tertiary/aromatic N) is 1. The van der Waals surface area contributed by atoms with Crippen molar-refractivity contribution >= 4 is 0 Å². The number of aliphatic hydroxyl groups excluding tert-OH is 1. The minimum absolute atomic E-state index is 0.289. The van der Waals surface area contributed by atoms with E-state index >= 15 is 0 Å². The number of fused-ring (bicyclic) bond motifs is 2. The predicted octanol–water partition coefficient (Wildman–Crippen LogP) is 2.86. The molecule has 2 aliphatic rings. The molecule has 1 aromatic heterocycles. The van der Waals surface area contributed by atoms with Crippen LogP contribution in [-0.2, 0) is 0 Å². The molecule has 2 fully saturated rings. The number of hydrogen-bond acceptors (Lipinski definition) is 2. The third kappa shape index (κ3) is 1.65. The van der Waals surface area contributed by atoms with Crippen molar-refractivity contribution in [3.05, 3.63) is 29.6 Å². The number of pyridine rings is 1. The summed E-state index contributed by atoms with van der Waals surface area (Å²) < 4.78 is 0. The van der Waals surface area contributed by atoms with Crippen LogP contribution in [0.2, 0.25) is 0 Å². The van der Waals surface area contributed by atoms with Gasteiger partial charge in [0, 0.05) is 11.9 Å². The van der Waals surface area contributed by atoms with Crippen molar-refractivity contribution in [1.29, 1.82) is 0 Å². The molecule has 2 heteroatoms. The van der Waals surface area contributed by atoms with E-state index in [2.05, 4.69) is 4.98 Å². The van der Waals surface area contributed by atoms with E-state index in [9.17, 15) is 5.11 Å². The lowest BCUT2D eigenvalue weighted by Gasteiger charge is -2.26. The smallest absolute Gasteiger partial charge is 0.0835 e. The molecule has 0 amide bonds. The average Bonchev–Trinajstić information content (AvgIpc) is 2.91. The van der Waals surface area contributed by atoms with Crippen LogP contribution in [0.3, 0.4) is 0 Å². The van der Waals surface area contributed by atoms with E-state index in [1.807, 2.05) is 25.3 Å². The zero-order chi connectivity index (χ0) is 11.1. The highest BCUT2D eigenvalue weighted by molar-refractivity contribution is 5.17. The van der Waals surface area contributed by atoms with Crippen molar-refractivity contribution in [1.82, 2.24) is 4.98 Å². The first kappa shape index (κ1) is 10.3. The molecule has 2 saturated carbocycles. The summed E-state index contributed by atoms with van der Waals surface area (Å²) in [5, 5.41) is 10.4. The van der Waals surface area contributed by atoms with Gasteiger partial charge in [0.2, 0.25) is 0 Å². The lowest BCUT2D eigenvalue weighted by atomic mass is 9.82. The van der Waals surface area contributed by atoms with E-state index in [0.29, 0.717) is 5.92 Å². The first-order valence-corrected chi connectivity index (χ1v) is 6.34. The van der Waals surface area contributed by atoms with Crippen LogP contribution in [0.1, 0.15) is 43.0 Å². The molecule has 2 aliphatic carbocycles. The Labute approximate surface area is 96.7 Å². The van der Waals surface area contributed by atoms with Crippen LogP contribution in [0.15, 0.2) is 18.3 Å². The molecule has 2 bridgehead atoms.